The second-order valence-electron chi connectivity index (χ2n) is 8.80. The van der Waals surface area contributed by atoms with Crippen LogP contribution in [0.4, 0.5) is 24.2 Å². The Kier molecular flexibility index (Phi) is 6.26. The van der Waals surface area contributed by atoms with E-state index in [9.17, 15) is 23.5 Å². The number of carbonyl (C=O) groups is 2. The molecule has 0 aliphatic heterocycles. The number of nitrogen functional groups attached to an aromatic ring is 1. The smallest absolute Gasteiger partial charge is 0.432 e. The number of halogens is 2. The highest BCUT2D eigenvalue weighted by molar-refractivity contribution is 5.95. The first kappa shape index (κ1) is 23.9. The molecule has 0 atom stereocenters. The number of pyridine rings is 1. The maximum Gasteiger partial charge on any atom is 0.432 e. The van der Waals surface area contributed by atoms with Crippen molar-refractivity contribution in [2.75, 3.05) is 5.73 Å². The molecule has 0 saturated heterocycles. The molecule has 1 aromatic carbocycles. The van der Waals surface area contributed by atoms with Gasteiger partial charge in [0.2, 0.25) is 0 Å². The van der Waals surface area contributed by atoms with Crippen LogP contribution in [0.1, 0.15) is 40.2 Å². The van der Waals surface area contributed by atoms with Crippen LogP contribution in [0.5, 0.6) is 0 Å². The van der Waals surface area contributed by atoms with Gasteiger partial charge in [0, 0.05) is 18.0 Å². The number of hydrogen-bond acceptors (Lipinski definition) is 6. The Morgan fingerprint density at radius 2 is 1.82 bits per heavy atom. The number of ether oxygens (including phenoxy) is 1. The summed E-state index contributed by atoms with van der Waals surface area (Å²) in [6, 6.07) is 3.24. The summed E-state index contributed by atoms with van der Waals surface area (Å²) in [5.41, 5.74) is 4.88. The van der Waals surface area contributed by atoms with E-state index >= 15 is 0 Å². The molecule has 33 heavy (non-hydrogen) atoms. The number of nitrogens with two attached hydrogens (primary N) is 1. The van der Waals surface area contributed by atoms with Gasteiger partial charge in [-0.2, -0.15) is 4.68 Å². The van der Waals surface area contributed by atoms with Gasteiger partial charge in [0.05, 0.1) is 17.5 Å². The SMILES string of the molecule is CC(C)N(Cc1cc(F)c(-c2cc3c(N)nn(C(=O)O)c3cn2)c(F)c1)C(=O)OC(C)(C)C. The Morgan fingerprint density at radius 3 is 2.33 bits per heavy atom. The third-order valence-corrected chi connectivity index (χ3v) is 4.74. The lowest BCUT2D eigenvalue weighted by Crippen LogP contribution is -2.40. The third kappa shape index (κ3) is 5.02. The molecule has 3 N–H and O–H groups in total. The lowest BCUT2D eigenvalue weighted by atomic mass is 10.0. The molecular weight excluding hydrogens is 436 g/mol. The molecular formula is C22H25F2N5O4. The fraction of sp³-hybridized carbons (Fsp3) is 0.364. The van der Waals surface area contributed by atoms with Crippen LogP contribution in [-0.2, 0) is 11.3 Å². The topological polar surface area (TPSA) is 124 Å². The van der Waals surface area contributed by atoms with Crippen LogP contribution in [0.15, 0.2) is 24.4 Å². The highest BCUT2D eigenvalue weighted by atomic mass is 19.1. The van der Waals surface area contributed by atoms with Gasteiger partial charge in [-0.1, -0.05) is 0 Å². The van der Waals surface area contributed by atoms with Gasteiger partial charge in [0.15, 0.2) is 5.82 Å². The molecule has 11 heteroatoms. The zero-order chi connectivity index (χ0) is 24.7. The molecule has 0 unspecified atom stereocenters. The highest BCUT2D eigenvalue weighted by Crippen LogP contribution is 2.30. The normalized spacial score (nSPS) is 11.8. The fourth-order valence-corrected chi connectivity index (χ4v) is 3.26. The quantitative estimate of drug-likeness (QED) is 0.580. The zero-order valence-electron chi connectivity index (χ0n) is 18.9. The monoisotopic (exact) mass is 461 g/mol. The predicted octanol–water partition coefficient (Wildman–Crippen LogP) is 4.63. The molecule has 0 fully saturated rings. The van der Waals surface area contributed by atoms with E-state index in [4.69, 9.17) is 10.5 Å². The number of anilines is 1. The average molecular weight is 461 g/mol. The lowest BCUT2D eigenvalue weighted by Gasteiger charge is -2.30. The molecule has 0 aliphatic rings. The van der Waals surface area contributed by atoms with E-state index in [2.05, 4.69) is 10.1 Å². The molecule has 0 bridgehead atoms. The number of fused-ring (bicyclic) bond motifs is 1. The van der Waals surface area contributed by atoms with E-state index in [0.29, 0.717) is 4.68 Å². The first-order valence-corrected chi connectivity index (χ1v) is 10.1. The minimum Gasteiger partial charge on any atom is -0.463 e. The minimum absolute atomic E-state index is 0.0640. The first-order valence-electron chi connectivity index (χ1n) is 10.1. The van der Waals surface area contributed by atoms with Crippen molar-refractivity contribution in [1.29, 1.82) is 0 Å². The van der Waals surface area contributed by atoms with Gasteiger partial charge < -0.3 is 20.5 Å². The Labute approximate surface area is 188 Å². The Hall–Kier alpha value is -3.76. The van der Waals surface area contributed by atoms with Crippen molar-refractivity contribution in [3.05, 3.63) is 41.6 Å². The molecule has 0 spiro atoms. The second kappa shape index (κ2) is 8.64. The van der Waals surface area contributed by atoms with Crippen molar-refractivity contribution in [3.63, 3.8) is 0 Å². The summed E-state index contributed by atoms with van der Waals surface area (Å²) in [6.45, 7) is 8.67. The predicted molar refractivity (Wildman–Crippen MR) is 118 cm³/mol. The van der Waals surface area contributed by atoms with Gasteiger partial charge >= 0.3 is 12.2 Å². The molecule has 3 rings (SSSR count). The number of aromatic nitrogens is 3. The summed E-state index contributed by atoms with van der Waals surface area (Å²) in [7, 11) is 0. The first-order chi connectivity index (χ1) is 15.3. The number of carboxylic acid groups (broad SMARTS) is 1. The van der Waals surface area contributed by atoms with Crippen LogP contribution < -0.4 is 5.73 Å². The van der Waals surface area contributed by atoms with Gasteiger partial charge in [-0.05, 0) is 58.4 Å². The summed E-state index contributed by atoms with van der Waals surface area (Å²) in [5, 5.41) is 13.1. The lowest BCUT2D eigenvalue weighted by molar-refractivity contribution is 0.0171. The van der Waals surface area contributed by atoms with Gasteiger partial charge in [0.1, 0.15) is 22.8 Å². The van der Waals surface area contributed by atoms with Crippen molar-refractivity contribution in [1.82, 2.24) is 19.7 Å². The van der Waals surface area contributed by atoms with Gasteiger partial charge in [-0.3, -0.25) is 4.98 Å². The average Bonchev–Trinajstić information content (AvgIpc) is 3.00. The van der Waals surface area contributed by atoms with Crippen LogP contribution in [-0.4, -0.2) is 48.6 Å². The van der Waals surface area contributed by atoms with Crippen molar-refractivity contribution >= 4 is 28.9 Å². The van der Waals surface area contributed by atoms with Crippen LogP contribution in [0.2, 0.25) is 0 Å². The Bertz CT molecular complexity index is 1210. The van der Waals surface area contributed by atoms with Crippen molar-refractivity contribution in [3.8, 4) is 11.3 Å². The minimum atomic E-state index is -1.37. The number of benzene rings is 1. The molecule has 3 aromatic rings. The Balaban J connectivity index is 1.97. The van der Waals surface area contributed by atoms with E-state index in [-0.39, 0.29) is 40.6 Å². The van der Waals surface area contributed by atoms with Crippen molar-refractivity contribution in [2.24, 2.45) is 0 Å². The van der Waals surface area contributed by atoms with E-state index in [0.717, 1.165) is 18.3 Å². The van der Waals surface area contributed by atoms with Crippen LogP contribution in [0, 0.1) is 11.6 Å². The van der Waals surface area contributed by atoms with Crippen LogP contribution >= 0.6 is 0 Å². The van der Waals surface area contributed by atoms with E-state index < -0.39 is 35.0 Å². The van der Waals surface area contributed by atoms with Gasteiger partial charge in [-0.15, -0.1) is 5.10 Å². The van der Waals surface area contributed by atoms with E-state index in [1.54, 1.807) is 34.6 Å². The number of nitrogens with zero attached hydrogens (tertiary/aromatic N) is 4. The highest BCUT2D eigenvalue weighted by Gasteiger charge is 2.25. The summed E-state index contributed by atoms with van der Waals surface area (Å²) in [5.74, 6) is -1.90. The second-order valence-corrected chi connectivity index (χ2v) is 8.80. The Morgan fingerprint density at radius 1 is 1.21 bits per heavy atom. The molecule has 176 valence electrons. The molecule has 1 amide bonds. The summed E-state index contributed by atoms with van der Waals surface area (Å²) in [4.78, 5) is 29.1. The number of amides is 1. The van der Waals surface area contributed by atoms with E-state index in [1.165, 1.54) is 11.0 Å². The standard InChI is InChI=1S/C22H25F2N5O4/c1-11(2)28(21(32)33-22(3,4)5)10-12-6-14(23)18(15(24)7-12)16-8-13-17(9-26-16)29(20(30)31)27-19(13)25/h6-9,11H,10H2,1-5H3,(H2,25,27)(H,30,31). The molecule has 2 aromatic heterocycles. The van der Waals surface area contributed by atoms with Gasteiger partial charge in [0.25, 0.3) is 0 Å². The molecule has 0 aliphatic carbocycles. The number of hydrogen-bond donors (Lipinski definition) is 2. The maximum absolute atomic E-state index is 15.0. The summed E-state index contributed by atoms with van der Waals surface area (Å²) < 4.78 is 36.0. The molecule has 9 nitrogen and oxygen atoms in total. The molecule has 0 radical (unpaired) electrons. The number of rotatable bonds is 4. The molecule has 0 saturated carbocycles. The molecule has 2 heterocycles. The van der Waals surface area contributed by atoms with Crippen molar-refractivity contribution < 1.29 is 28.2 Å². The van der Waals surface area contributed by atoms with E-state index in [1.807, 2.05) is 0 Å². The van der Waals surface area contributed by atoms with Gasteiger partial charge in [-0.25, -0.2) is 18.4 Å². The summed E-state index contributed by atoms with van der Waals surface area (Å²) >= 11 is 0. The van der Waals surface area contributed by atoms with Crippen LogP contribution in [0.25, 0.3) is 22.2 Å². The largest absolute Gasteiger partial charge is 0.463 e. The summed E-state index contributed by atoms with van der Waals surface area (Å²) in [6.07, 6.45) is -0.828. The third-order valence-electron chi connectivity index (χ3n) is 4.74. The van der Waals surface area contributed by atoms with Crippen molar-refractivity contribution in [2.45, 2.75) is 52.8 Å². The maximum atomic E-state index is 15.0. The zero-order valence-corrected chi connectivity index (χ0v) is 18.9. The number of carbonyl (C=O) groups excluding carboxylic acids is 1. The fourth-order valence-electron chi connectivity index (χ4n) is 3.26. The van der Waals surface area contributed by atoms with Crippen LogP contribution in [0.3, 0.4) is 0 Å².